The zero-order chi connectivity index (χ0) is 21.6. The molecule has 30 heavy (non-hydrogen) atoms. The average molecular weight is 464 g/mol. The number of nitrogens with zero attached hydrogens (tertiary/aromatic N) is 2. The van der Waals surface area contributed by atoms with Crippen LogP contribution in [0.15, 0.2) is 29.3 Å². The van der Waals surface area contributed by atoms with Gasteiger partial charge in [-0.15, -0.1) is 11.3 Å². The second-order valence-corrected chi connectivity index (χ2v) is 10.8. The van der Waals surface area contributed by atoms with E-state index in [0.29, 0.717) is 27.0 Å². The quantitative estimate of drug-likeness (QED) is 0.553. The highest BCUT2D eigenvalue weighted by atomic mass is 35.5. The molecule has 2 aromatic heterocycles. The van der Waals surface area contributed by atoms with Crippen molar-refractivity contribution in [2.24, 2.45) is 11.3 Å². The summed E-state index contributed by atoms with van der Waals surface area (Å²) in [6.45, 7) is 6.67. The molecule has 0 bridgehead atoms. The Bertz CT molecular complexity index is 1190. The van der Waals surface area contributed by atoms with Crippen molar-refractivity contribution in [1.82, 2.24) is 9.55 Å². The molecule has 0 saturated heterocycles. The number of nitrogens with one attached hydrogen (secondary N) is 1. The molecule has 0 fully saturated rings. The van der Waals surface area contributed by atoms with Crippen LogP contribution in [-0.2, 0) is 24.2 Å². The van der Waals surface area contributed by atoms with E-state index in [4.69, 9.17) is 23.2 Å². The van der Waals surface area contributed by atoms with Crippen molar-refractivity contribution in [2.45, 2.75) is 46.6 Å². The Morgan fingerprint density at radius 1 is 1.33 bits per heavy atom. The topological polar surface area (TPSA) is 64.0 Å². The van der Waals surface area contributed by atoms with Gasteiger partial charge in [-0.3, -0.25) is 14.2 Å². The van der Waals surface area contributed by atoms with Crippen LogP contribution >= 0.6 is 34.5 Å². The average Bonchev–Trinajstić information content (AvgIpc) is 3.04. The molecular weight excluding hydrogens is 441 g/mol. The van der Waals surface area contributed by atoms with Crippen LogP contribution in [0.2, 0.25) is 10.0 Å². The highest BCUT2D eigenvalue weighted by Gasteiger charge is 2.31. The minimum atomic E-state index is -0.362. The minimum Gasteiger partial charge on any atom is -0.323 e. The summed E-state index contributed by atoms with van der Waals surface area (Å²) in [5.74, 6) is 0.229. The van der Waals surface area contributed by atoms with Gasteiger partial charge in [0.2, 0.25) is 5.91 Å². The molecule has 0 saturated carbocycles. The molecule has 1 aliphatic carbocycles. The molecule has 0 spiro atoms. The van der Waals surface area contributed by atoms with Crippen LogP contribution < -0.4 is 10.9 Å². The van der Waals surface area contributed by atoms with Crippen LogP contribution in [0, 0.1) is 11.3 Å². The number of amides is 1. The fraction of sp³-hybridized carbons (Fsp3) is 0.409. The molecule has 1 amide bonds. The van der Waals surface area contributed by atoms with Crippen molar-refractivity contribution in [3.8, 4) is 0 Å². The first-order valence-corrected chi connectivity index (χ1v) is 11.5. The molecule has 4 rings (SSSR count). The van der Waals surface area contributed by atoms with Crippen LogP contribution in [0.3, 0.4) is 0 Å². The lowest BCUT2D eigenvalue weighted by Crippen LogP contribution is -2.29. The van der Waals surface area contributed by atoms with Gasteiger partial charge >= 0.3 is 0 Å². The molecule has 1 atom stereocenters. The summed E-state index contributed by atoms with van der Waals surface area (Å²) in [6, 6.07) is 4.83. The van der Waals surface area contributed by atoms with Crippen molar-refractivity contribution in [3.63, 3.8) is 0 Å². The predicted molar refractivity (Wildman–Crippen MR) is 124 cm³/mol. The third-order valence-electron chi connectivity index (χ3n) is 5.78. The van der Waals surface area contributed by atoms with Gasteiger partial charge in [0.25, 0.3) is 5.56 Å². The van der Waals surface area contributed by atoms with E-state index >= 15 is 0 Å². The van der Waals surface area contributed by atoms with E-state index in [1.54, 1.807) is 29.5 Å². The first-order chi connectivity index (χ1) is 14.1. The summed E-state index contributed by atoms with van der Waals surface area (Å²) in [5.41, 5.74) is 1.60. The number of thiophene rings is 1. The van der Waals surface area contributed by atoms with Gasteiger partial charge in [0.15, 0.2) is 0 Å². The normalized spacial score (nSPS) is 16.5. The SMILES string of the molecule is CC(C)(C)[C@H]1CCc2c(sc3ncn(CC(=O)Nc4cc(Cl)ccc4Cl)c(=O)c23)C1. The summed E-state index contributed by atoms with van der Waals surface area (Å²) >= 11 is 13.7. The number of aromatic nitrogens is 2. The zero-order valence-electron chi connectivity index (χ0n) is 17.1. The van der Waals surface area contributed by atoms with Gasteiger partial charge in [-0.2, -0.15) is 0 Å². The predicted octanol–water partition coefficient (Wildman–Crippen LogP) is 5.55. The maximum atomic E-state index is 13.2. The molecule has 0 aliphatic heterocycles. The van der Waals surface area contributed by atoms with Crippen molar-refractivity contribution < 1.29 is 4.79 Å². The van der Waals surface area contributed by atoms with Crippen LogP contribution in [-0.4, -0.2) is 15.5 Å². The van der Waals surface area contributed by atoms with E-state index in [9.17, 15) is 9.59 Å². The van der Waals surface area contributed by atoms with E-state index < -0.39 is 0 Å². The Kier molecular flexibility index (Phi) is 5.68. The van der Waals surface area contributed by atoms with Crippen LogP contribution in [0.4, 0.5) is 5.69 Å². The fourth-order valence-corrected chi connectivity index (χ4v) is 5.59. The minimum absolute atomic E-state index is 0.139. The maximum absolute atomic E-state index is 13.2. The number of rotatable bonds is 3. The largest absolute Gasteiger partial charge is 0.323 e. The number of aryl methyl sites for hydroxylation is 1. The molecule has 158 valence electrons. The molecular formula is C22H23Cl2N3O2S. The molecule has 1 N–H and O–H groups in total. The number of carbonyl (C=O) groups excluding carboxylic acids is 1. The van der Waals surface area contributed by atoms with Crippen LogP contribution in [0.25, 0.3) is 10.2 Å². The molecule has 0 radical (unpaired) electrons. The van der Waals surface area contributed by atoms with Crippen molar-refractivity contribution in [1.29, 1.82) is 0 Å². The van der Waals surface area contributed by atoms with Gasteiger partial charge in [-0.25, -0.2) is 4.98 Å². The van der Waals surface area contributed by atoms with Crippen molar-refractivity contribution >= 4 is 56.3 Å². The number of carbonyl (C=O) groups is 1. The highest BCUT2D eigenvalue weighted by Crippen LogP contribution is 2.41. The van der Waals surface area contributed by atoms with Gasteiger partial charge in [-0.1, -0.05) is 44.0 Å². The lowest BCUT2D eigenvalue weighted by molar-refractivity contribution is -0.116. The van der Waals surface area contributed by atoms with Crippen LogP contribution in [0.1, 0.15) is 37.6 Å². The Morgan fingerprint density at radius 2 is 2.10 bits per heavy atom. The number of halogens is 2. The van der Waals surface area contributed by atoms with E-state index in [1.165, 1.54) is 15.8 Å². The highest BCUT2D eigenvalue weighted by molar-refractivity contribution is 7.18. The maximum Gasteiger partial charge on any atom is 0.262 e. The zero-order valence-corrected chi connectivity index (χ0v) is 19.4. The third-order valence-corrected chi connectivity index (χ3v) is 7.50. The molecule has 0 unspecified atom stereocenters. The second kappa shape index (κ2) is 7.98. The molecule has 3 aromatic rings. The van der Waals surface area contributed by atoms with Crippen LogP contribution in [0.5, 0.6) is 0 Å². The molecule has 5 nitrogen and oxygen atoms in total. The first-order valence-electron chi connectivity index (χ1n) is 9.88. The molecule has 1 aromatic carbocycles. The third kappa shape index (κ3) is 4.13. The monoisotopic (exact) mass is 463 g/mol. The van der Waals surface area contributed by atoms with Crippen molar-refractivity contribution in [2.75, 3.05) is 5.32 Å². The fourth-order valence-electron chi connectivity index (χ4n) is 3.99. The number of hydrogen-bond acceptors (Lipinski definition) is 4. The summed E-state index contributed by atoms with van der Waals surface area (Å²) < 4.78 is 1.36. The Balaban J connectivity index is 1.61. The standard InChI is InChI=1S/C22H23Cl2N3O2S/c1-22(2,3)12-4-6-14-17(8-12)30-20-19(14)21(29)27(11-25-20)10-18(28)26-16-9-13(23)5-7-15(16)24/h5,7,9,11-12H,4,6,8,10H2,1-3H3,(H,26,28)/t12-/m0/s1. The summed E-state index contributed by atoms with van der Waals surface area (Å²) in [6.07, 6.45) is 4.37. The smallest absolute Gasteiger partial charge is 0.262 e. The van der Waals surface area contributed by atoms with Gasteiger partial charge in [0.1, 0.15) is 11.4 Å². The summed E-state index contributed by atoms with van der Waals surface area (Å²) in [5, 5.41) is 4.23. The second-order valence-electron chi connectivity index (χ2n) is 8.84. The van der Waals surface area contributed by atoms with Gasteiger partial charge < -0.3 is 5.32 Å². The van der Waals surface area contributed by atoms with Gasteiger partial charge in [0, 0.05) is 9.90 Å². The van der Waals surface area contributed by atoms with E-state index in [0.717, 1.165) is 29.7 Å². The Morgan fingerprint density at radius 3 is 2.83 bits per heavy atom. The van der Waals surface area contributed by atoms with Gasteiger partial charge in [-0.05, 0) is 54.4 Å². The number of fused-ring (bicyclic) bond motifs is 3. The summed E-state index contributed by atoms with van der Waals surface area (Å²) in [4.78, 5) is 32.2. The molecule has 1 aliphatic rings. The Hall–Kier alpha value is -1.89. The molecule has 2 heterocycles. The van der Waals surface area contributed by atoms with Crippen molar-refractivity contribution in [3.05, 3.63) is 55.4 Å². The van der Waals surface area contributed by atoms with E-state index in [2.05, 4.69) is 31.1 Å². The first kappa shape index (κ1) is 21.3. The lowest BCUT2D eigenvalue weighted by atomic mass is 9.72. The summed E-state index contributed by atoms with van der Waals surface area (Å²) in [7, 11) is 0. The lowest BCUT2D eigenvalue weighted by Gasteiger charge is -2.33. The van der Waals surface area contributed by atoms with E-state index in [1.807, 2.05) is 0 Å². The van der Waals surface area contributed by atoms with Gasteiger partial charge in [0.05, 0.1) is 22.4 Å². The number of benzene rings is 1. The molecule has 8 heteroatoms. The number of anilines is 1. The van der Waals surface area contributed by atoms with E-state index in [-0.39, 0.29) is 23.4 Å². The Labute approximate surface area is 189 Å². The number of hydrogen-bond donors (Lipinski definition) is 1.